The van der Waals surface area contributed by atoms with E-state index in [2.05, 4.69) is 46.5 Å². The van der Waals surface area contributed by atoms with Crippen LogP contribution in [0.1, 0.15) is 25.7 Å². The number of carbonyl (C=O) groups is 2. The number of carbonyl (C=O) groups excluding carboxylic acids is 2. The van der Waals surface area contributed by atoms with Crippen molar-refractivity contribution in [1.29, 1.82) is 0 Å². The summed E-state index contributed by atoms with van der Waals surface area (Å²) in [4.78, 5) is 25.2. The van der Waals surface area contributed by atoms with E-state index in [0.717, 1.165) is 12.8 Å². The maximum atomic E-state index is 12.6. The first-order valence-electron chi connectivity index (χ1n) is 15.2. The SMILES string of the molecule is NC1CCCCC1N.O=C(N[C@H]1C(O)O[C@H](CO)[C@@H](O)[C@@H]1O)[C@H](CS)NCCN[C@@H](CS)C(=O)N[C@H]1C(O)O[C@H](CO)[C@@H](O)[C@@H]1O.[Pt]. The van der Waals surface area contributed by atoms with Crippen LogP contribution < -0.4 is 32.7 Å². The van der Waals surface area contributed by atoms with Crippen molar-refractivity contribution in [2.24, 2.45) is 11.5 Å². The number of amides is 2. The summed E-state index contributed by atoms with van der Waals surface area (Å²) < 4.78 is 10.0. The quantitative estimate of drug-likeness (QED) is 0.0604. The minimum Gasteiger partial charge on any atom is -0.394 e. The number of nitrogens with two attached hydrogens (primary N) is 2. The molecule has 0 bridgehead atoms. The van der Waals surface area contributed by atoms with E-state index in [4.69, 9.17) is 31.2 Å². The van der Waals surface area contributed by atoms with E-state index in [0.29, 0.717) is 0 Å². The molecule has 2 saturated heterocycles. The Labute approximate surface area is 298 Å². The van der Waals surface area contributed by atoms with Crippen molar-refractivity contribution in [1.82, 2.24) is 21.3 Å². The summed E-state index contributed by atoms with van der Waals surface area (Å²) in [6.45, 7) is -0.994. The van der Waals surface area contributed by atoms with Crippen LogP contribution in [0.5, 0.6) is 0 Å². The van der Waals surface area contributed by atoms with Gasteiger partial charge >= 0.3 is 0 Å². The molecule has 3 rings (SSSR count). The monoisotopic (exact) mass is 899 g/mol. The average Bonchev–Trinajstić information content (AvgIpc) is 3.04. The van der Waals surface area contributed by atoms with Crippen LogP contribution in [0, 0.1) is 0 Å². The van der Waals surface area contributed by atoms with Crippen LogP contribution >= 0.6 is 25.3 Å². The Balaban J connectivity index is 0.00000107. The number of ether oxygens (including phenoxy) is 2. The van der Waals surface area contributed by atoms with Crippen LogP contribution in [0.2, 0.25) is 0 Å². The summed E-state index contributed by atoms with van der Waals surface area (Å²) >= 11 is 8.23. The van der Waals surface area contributed by atoms with Crippen molar-refractivity contribution in [3.05, 3.63) is 0 Å². The molecule has 280 valence electrons. The van der Waals surface area contributed by atoms with Gasteiger partial charge in [-0.25, -0.2) is 0 Å². The van der Waals surface area contributed by atoms with Crippen LogP contribution in [0.4, 0.5) is 0 Å². The number of nitrogens with one attached hydrogen (secondary N) is 4. The Kier molecular flexibility index (Phi) is 21.5. The number of aliphatic hydroxyl groups excluding tert-OH is 8. The van der Waals surface area contributed by atoms with Gasteiger partial charge in [0.15, 0.2) is 12.6 Å². The van der Waals surface area contributed by atoms with E-state index in [1.165, 1.54) is 12.8 Å². The molecule has 14 atom stereocenters. The molecule has 18 nitrogen and oxygen atoms in total. The van der Waals surface area contributed by atoms with Crippen LogP contribution in [0.15, 0.2) is 0 Å². The van der Waals surface area contributed by atoms with Gasteiger partial charge in [-0.2, -0.15) is 25.3 Å². The van der Waals surface area contributed by atoms with E-state index in [-0.39, 0.29) is 57.7 Å². The molecule has 2 aliphatic heterocycles. The predicted molar refractivity (Wildman–Crippen MR) is 170 cm³/mol. The molecule has 3 fully saturated rings. The zero-order valence-electron chi connectivity index (χ0n) is 25.7. The average molecular weight is 900 g/mol. The van der Waals surface area contributed by atoms with Crippen molar-refractivity contribution >= 4 is 37.1 Å². The van der Waals surface area contributed by atoms with Gasteiger partial charge in [0.2, 0.25) is 11.8 Å². The normalized spacial score (nSPS) is 36.9. The fraction of sp³-hybridized carbons (Fsp3) is 0.923. The smallest absolute Gasteiger partial charge is 0.238 e. The molecule has 0 aromatic heterocycles. The first-order valence-corrected chi connectivity index (χ1v) is 16.5. The summed E-state index contributed by atoms with van der Waals surface area (Å²) in [5, 5.41) is 89.2. The Hall–Kier alpha value is -0.232. The number of hydrogen-bond acceptors (Lipinski definition) is 18. The number of thiol groups is 2. The minimum absolute atomic E-state index is 0. The fourth-order valence-electron chi connectivity index (χ4n) is 5.20. The van der Waals surface area contributed by atoms with Crippen molar-refractivity contribution < 1.29 is 81.0 Å². The maximum absolute atomic E-state index is 12.6. The Morgan fingerprint density at radius 2 is 1.02 bits per heavy atom. The van der Waals surface area contributed by atoms with E-state index in [1.807, 2.05) is 0 Å². The molecule has 21 heteroatoms. The second kappa shape index (κ2) is 22.6. The van der Waals surface area contributed by atoms with E-state index in [9.17, 15) is 40.2 Å². The standard InChI is InChI=1S/C20H38N4O12S2.C6H14N2.Pt/c25-3-9-13(27)15(29)11(19(33)35-9)23-17(31)7(5-37)21-1-2-22-8(6-38)18(32)24-12-16(30)14(28)10(4-26)36-20(12)34;7-5-3-1-2-4-6(5)8;/h7-16,19-22,25-30,33-34,37-38H,1-6H2,(H,23,31)(H,24,32);5-6H,1-4,7-8H2;/t7-,8-,9+,10+,11+,12+,13+,14+,15+,16+,19?,20?;;/m0../s1. The van der Waals surface area contributed by atoms with E-state index in [1.54, 1.807) is 0 Å². The third-order valence-electron chi connectivity index (χ3n) is 8.20. The van der Waals surface area contributed by atoms with Crippen molar-refractivity contribution in [2.45, 2.75) is 111 Å². The number of rotatable bonds is 13. The van der Waals surface area contributed by atoms with Crippen LogP contribution in [0.25, 0.3) is 0 Å². The maximum Gasteiger partial charge on any atom is 0.238 e. The molecule has 4 unspecified atom stereocenters. The van der Waals surface area contributed by atoms with Crippen LogP contribution in [0.3, 0.4) is 0 Å². The Morgan fingerprint density at radius 1 is 0.681 bits per heavy atom. The molecule has 3 aliphatic rings. The van der Waals surface area contributed by atoms with Gasteiger partial charge in [-0.1, -0.05) is 12.8 Å². The Bertz CT molecular complexity index is 858. The van der Waals surface area contributed by atoms with E-state index < -0.39 is 98.4 Å². The van der Waals surface area contributed by atoms with Crippen LogP contribution in [-0.4, -0.2) is 176 Å². The molecular formula is C26H52N6O12PtS2. The zero-order chi connectivity index (χ0) is 34.6. The summed E-state index contributed by atoms with van der Waals surface area (Å²) in [6.07, 6.45) is -7.24. The molecule has 16 N–H and O–H groups in total. The largest absolute Gasteiger partial charge is 0.394 e. The third-order valence-corrected chi connectivity index (χ3v) is 8.93. The second-order valence-corrected chi connectivity index (χ2v) is 12.2. The summed E-state index contributed by atoms with van der Waals surface area (Å²) in [6, 6.07) is -3.96. The molecule has 1 saturated carbocycles. The first kappa shape index (κ1) is 44.8. The number of aliphatic hydroxyl groups is 8. The first-order chi connectivity index (χ1) is 21.8. The van der Waals surface area contributed by atoms with E-state index >= 15 is 0 Å². The van der Waals surface area contributed by atoms with Gasteiger partial charge < -0.3 is 83.1 Å². The molecule has 0 radical (unpaired) electrons. The predicted octanol–water partition coefficient (Wildman–Crippen LogP) is -7.19. The second-order valence-electron chi connectivity index (χ2n) is 11.5. The zero-order valence-corrected chi connectivity index (χ0v) is 29.8. The van der Waals surface area contributed by atoms with Gasteiger partial charge in [0.1, 0.15) is 48.7 Å². The van der Waals surface area contributed by atoms with Crippen molar-refractivity contribution in [2.75, 3.05) is 37.8 Å². The van der Waals surface area contributed by atoms with Crippen molar-refractivity contribution in [3.63, 3.8) is 0 Å². The molecule has 47 heavy (non-hydrogen) atoms. The molecule has 2 heterocycles. The molecule has 0 spiro atoms. The molecule has 1 aliphatic carbocycles. The summed E-state index contributed by atoms with van der Waals surface area (Å²) in [5.41, 5.74) is 11.3. The molecule has 0 aromatic rings. The van der Waals surface area contributed by atoms with Gasteiger partial charge in [0.25, 0.3) is 0 Å². The third kappa shape index (κ3) is 13.1. The molecule has 0 aromatic carbocycles. The topological polar surface area (TPSA) is 315 Å². The van der Waals surface area contributed by atoms with Crippen molar-refractivity contribution in [3.8, 4) is 0 Å². The molecular weight excluding hydrogens is 848 g/mol. The minimum atomic E-state index is -1.67. The van der Waals surface area contributed by atoms with Gasteiger partial charge in [-0.3, -0.25) is 9.59 Å². The van der Waals surface area contributed by atoms with Gasteiger partial charge in [-0.15, -0.1) is 0 Å². The van der Waals surface area contributed by atoms with Gasteiger partial charge in [0.05, 0.1) is 25.3 Å². The Morgan fingerprint density at radius 3 is 1.30 bits per heavy atom. The number of hydrogen-bond donors (Lipinski definition) is 16. The van der Waals surface area contributed by atoms with Crippen LogP contribution in [-0.2, 0) is 40.1 Å². The van der Waals surface area contributed by atoms with Gasteiger partial charge in [0, 0.05) is 57.7 Å². The fourth-order valence-corrected chi connectivity index (χ4v) is 5.79. The van der Waals surface area contributed by atoms with Gasteiger partial charge in [-0.05, 0) is 12.8 Å². The summed E-state index contributed by atoms with van der Waals surface area (Å²) in [7, 11) is 0. The molecule has 2 amide bonds. The summed E-state index contributed by atoms with van der Waals surface area (Å²) in [5.74, 6) is -1.30.